The summed E-state index contributed by atoms with van der Waals surface area (Å²) in [5.41, 5.74) is 6.62. The standard InChI is InChI=1S/C13H17ClN4O2/c1-8(14)12-16-9-5-6-11(20-2)17-13(9)18(12)7-3-4-10(15)19/h5-6,8H,3-4,7H2,1-2H3,(H2,15,19). The summed E-state index contributed by atoms with van der Waals surface area (Å²) in [6.07, 6.45) is 0.941. The maximum atomic E-state index is 10.8. The molecule has 2 heterocycles. The lowest BCUT2D eigenvalue weighted by Gasteiger charge is -2.09. The minimum absolute atomic E-state index is 0.247. The molecule has 108 valence electrons. The Labute approximate surface area is 121 Å². The number of primary amides is 1. The average Bonchev–Trinajstić information content (AvgIpc) is 2.76. The Balaban J connectivity index is 2.40. The predicted molar refractivity (Wildman–Crippen MR) is 76.8 cm³/mol. The van der Waals surface area contributed by atoms with E-state index in [1.165, 1.54) is 0 Å². The third kappa shape index (κ3) is 3.01. The number of hydrogen-bond donors (Lipinski definition) is 1. The quantitative estimate of drug-likeness (QED) is 0.827. The summed E-state index contributed by atoms with van der Waals surface area (Å²) < 4.78 is 7.05. The van der Waals surface area contributed by atoms with Crippen LogP contribution in [0.5, 0.6) is 5.88 Å². The zero-order valence-electron chi connectivity index (χ0n) is 11.5. The van der Waals surface area contributed by atoms with Crippen LogP contribution in [0.15, 0.2) is 12.1 Å². The first kappa shape index (κ1) is 14.6. The second-order valence-electron chi connectivity index (χ2n) is 4.50. The summed E-state index contributed by atoms with van der Waals surface area (Å²) in [7, 11) is 1.56. The van der Waals surface area contributed by atoms with Gasteiger partial charge in [0, 0.05) is 19.0 Å². The van der Waals surface area contributed by atoms with E-state index in [0.29, 0.717) is 30.9 Å². The molecule has 0 saturated carbocycles. The molecule has 6 nitrogen and oxygen atoms in total. The summed E-state index contributed by atoms with van der Waals surface area (Å²) in [5.74, 6) is 0.926. The van der Waals surface area contributed by atoms with Gasteiger partial charge in [-0.15, -0.1) is 11.6 Å². The van der Waals surface area contributed by atoms with Gasteiger partial charge in [0.2, 0.25) is 11.8 Å². The Morgan fingerprint density at radius 1 is 1.50 bits per heavy atom. The molecule has 0 aliphatic carbocycles. The average molecular weight is 297 g/mol. The first-order valence-corrected chi connectivity index (χ1v) is 6.80. The first-order valence-electron chi connectivity index (χ1n) is 6.36. The number of imidazole rings is 1. The number of carbonyl (C=O) groups excluding carboxylic acids is 1. The van der Waals surface area contributed by atoms with Crippen molar-refractivity contribution in [3.63, 3.8) is 0 Å². The molecule has 0 saturated heterocycles. The van der Waals surface area contributed by atoms with Crippen LogP contribution >= 0.6 is 11.6 Å². The number of halogens is 1. The summed E-state index contributed by atoms with van der Waals surface area (Å²) in [6, 6.07) is 3.60. The molecule has 0 spiro atoms. The topological polar surface area (TPSA) is 83.0 Å². The molecule has 0 aromatic carbocycles. The van der Waals surface area contributed by atoms with Crippen molar-refractivity contribution in [2.75, 3.05) is 7.11 Å². The Hall–Kier alpha value is -1.82. The van der Waals surface area contributed by atoms with Crippen molar-refractivity contribution in [3.05, 3.63) is 18.0 Å². The first-order chi connectivity index (χ1) is 9.52. The van der Waals surface area contributed by atoms with E-state index in [1.807, 2.05) is 17.6 Å². The summed E-state index contributed by atoms with van der Waals surface area (Å²) in [4.78, 5) is 19.7. The summed E-state index contributed by atoms with van der Waals surface area (Å²) in [6.45, 7) is 2.44. The molecule has 0 aliphatic heterocycles. The van der Waals surface area contributed by atoms with Crippen molar-refractivity contribution in [2.24, 2.45) is 5.73 Å². The molecule has 2 aromatic rings. The fourth-order valence-electron chi connectivity index (χ4n) is 2.05. The molecule has 2 rings (SSSR count). The van der Waals surface area contributed by atoms with E-state index < -0.39 is 0 Å². The highest BCUT2D eigenvalue weighted by molar-refractivity contribution is 6.20. The van der Waals surface area contributed by atoms with E-state index >= 15 is 0 Å². The van der Waals surface area contributed by atoms with Crippen molar-refractivity contribution in [1.29, 1.82) is 0 Å². The zero-order valence-corrected chi connectivity index (χ0v) is 12.2. The number of methoxy groups -OCH3 is 1. The van der Waals surface area contributed by atoms with Crippen molar-refractivity contribution in [1.82, 2.24) is 14.5 Å². The Kier molecular flexibility index (Phi) is 4.44. The van der Waals surface area contributed by atoms with E-state index in [1.54, 1.807) is 13.2 Å². The van der Waals surface area contributed by atoms with Crippen molar-refractivity contribution in [2.45, 2.75) is 31.7 Å². The number of aromatic nitrogens is 3. The van der Waals surface area contributed by atoms with Gasteiger partial charge in [-0.05, 0) is 19.4 Å². The highest BCUT2D eigenvalue weighted by atomic mass is 35.5. The van der Waals surface area contributed by atoms with Crippen LogP contribution in [0.2, 0.25) is 0 Å². The van der Waals surface area contributed by atoms with Crippen molar-refractivity contribution in [3.8, 4) is 5.88 Å². The monoisotopic (exact) mass is 296 g/mol. The molecular formula is C13H17ClN4O2. The van der Waals surface area contributed by atoms with Gasteiger partial charge in [0.05, 0.1) is 12.5 Å². The number of pyridine rings is 1. The highest BCUT2D eigenvalue weighted by Gasteiger charge is 2.16. The zero-order chi connectivity index (χ0) is 14.7. The number of nitrogens with zero attached hydrogens (tertiary/aromatic N) is 3. The highest BCUT2D eigenvalue weighted by Crippen LogP contribution is 2.25. The lowest BCUT2D eigenvalue weighted by atomic mass is 10.3. The van der Waals surface area contributed by atoms with Crippen LogP contribution in [0.25, 0.3) is 11.2 Å². The fourth-order valence-corrected chi connectivity index (χ4v) is 2.22. The van der Waals surface area contributed by atoms with Crippen molar-refractivity contribution >= 4 is 28.7 Å². The van der Waals surface area contributed by atoms with Gasteiger partial charge in [-0.3, -0.25) is 4.79 Å². The number of carbonyl (C=O) groups is 1. The number of ether oxygens (including phenoxy) is 1. The van der Waals surface area contributed by atoms with Crippen LogP contribution < -0.4 is 10.5 Å². The van der Waals surface area contributed by atoms with E-state index in [0.717, 1.165) is 11.3 Å². The third-order valence-corrected chi connectivity index (χ3v) is 3.16. The van der Waals surface area contributed by atoms with Crippen molar-refractivity contribution < 1.29 is 9.53 Å². The second-order valence-corrected chi connectivity index (χ2v) is 5.16. The lowest BCUT2D eigenvalue weighted by molar-refractivity contribution is -0.118. The van der Waals surface area contributed by atoms with Crippen LogP contribution in [0.1, 0.15) is 31.0 Å². The van der Waals surface area contributed by atoms with Gasteiger partial charge >= 0.3 is 0 Å². The number of hydrogen-bond acceptors (Lipinski definition) is 4. The van der Waals surface area contributed by atoms with E-state index in [9.17, 15) is 4.79 Å². The molecule has 0 fully saturated rings. The smallest absolute Gasteiger partial charge is 0.217 e. The van der Waals surface area contributed by atoms with Crippen LogP contribution in [0.3, 0.4) is 0 Å². The molecule has 2 aromatic heterocycles. The Morgan fingerprint density at radius 2 is 2.25 bits per heavy atom. The maximum Gasteiger partial charge on any atom is 0.217 e. The molecule has 0 radical (unpaired) electrons. The summed E-state index contributed by atoms with van der Waals surface area (Å²) in [5, 5.41) is -0.247. The molecular weight excluding hydrogens is 280 g/mol. The SMILES string of the molecule is COc1ccc2nc(C(C)Cl)n(CCCC(N)=O)c2n1. The van der Waals surface area contributed by atoms with E-state index in [4.69, 9.17) is 22.1 Å². The van der Waals surface area contributed by atoms with E-state index in [2.05, 4.69) is 9.97 Å². The molecule has 20 heavy (non-hydrogen) atoms. The van der Waals surface area contributed by atoms with Gasteiger partial charge in [-0.1, -0.05) is 0 Å². The molecule has 0 bridgehead atoms. The largest absolute Gasteiger partial charge is 0.481 e. The van der Waals surface area contributed by atoms with Gasteiger partial charge in [-0.2, -0.15) is 4.98 Å². The number of fused-ring (bicyclic) bond motifs is 1. The van der Waals surface area contributed by atoms with Gasteiger partial charge < -0.3 is 15.0 Å². The maximum absolute atomic E-state index is 10.8. The van der Waals surface area contributed by atoms with Gasteiger partial charge in [0.1, 0.15) is 11.3 Å². The number of nitrogens with two attached hydrogens (primary N) is 1. The lowest BCUT2D eigenvalue weighted by Crippen LogP contribution is -2.12. The van der Waals surface area contributed by atoms with Crippen LogP contribution in [0, 0.1) is 0 Å². The molecule has 7 heteroatoms. The van der Waals surface area contributed by atoms with Crippen LogP contribution in [0.4, 0.5) is 0 Å². The number of aryl methyl sites for hydroxylation is 1. The van der Waals surface area contributed by atoms with E-state index in [-0.39, 0.29) is 11.3 Å². The third-order valence-electron chi connectivity index (χ3n) is 2.97. The number of alkyl halides is 1. The Bertz CT molecular complexity index is 624. The molecule has 1 unspecified atom stereocenters. The minimum Gasteiger partial charge on any atom is -0.481 e. The predicted octanol–water partition coefficient (Wildman–Crippen LogP) is 2.01. The molecule has 2 N–H and O–H groups in total. The Morgan fingerprint density at radius 3 is 2.85 bits per heavy atom. The van der Waals surface area contributed by atoms with Crippen LogP contribution in [-0.4, -0.2) is 27.6 Å². The van der Waals surface area contributed by atoms with Gasteiger partial charge in [-0.25, -0.2) is 4.98 Å². The second kappa shape index (κ2) is 6.09. The summed E-state index contributed by atoms with van der Waals surface area (Å²) >= 11 is 6.16. The number of rotatable bonds is 6. The minimum atomic E-state index is -0.319. The fraction of sp³-hybridized carbons (Fsp3) is 0.462. The van der Waals surface area contributed by atoms with Crippen LogP contribution in [-0.2, 0) is 11.3 Å². The number of amides is 1. The van der Waals surface area contributed by atoms with Gasteiger partial charge in [0.25, 0.3) is 0 Å². The van der Waals surface area contributed by atoms with Gasteiger partial charge in [0.15, 0.2) is 5.65 Å². The normalized spacial score (nSPS) is 12.6. The molecule has 1 amide bonds. The molecule has 1 atom stereocenters. The molecule has 0 aliphatic rings.